The van der Waals surface area contributed by atoms with Crippen molar-refractivity contribution in [3.05, 3.63) is 15.6 Å². The first-order valence-electron chi connectivity index (χ1n) is 8.07. The Hall–Kier alpha value is -0.940. The molecular weight excluding hydrogens is 282 g/mol. The van der Waals surface area contributed by atoms with Crippen LogP contribution in [0.25, 0.3) is 0 Å². The highest BCUT2D eigenvalue weighted by atomic mass is 32.1. The third-order valence-corrected chi connectivity index (χ3v) is 5.93. The molecule has 1 aromatic rings. The largest absolute Gasteiger partial charge is 0.338 e. The summed E-state index contributed by atoms with van der Waals surface area (Å²) in [7, 11) is 1.98. The van der Waals surface area contributed by atoms with E-state index in [0.29, 0.717) is 18.2 Å². The third-order valence-electron chi connectivity index (χ3n) is 4.82. The summed E-state index contributed by atoms with van der Waals surface area (Å²) in [5, 5.41) is 4.50. The highest BCUT2D eigenvalue weighted by Gasteiger charge is 2.29. The molecule has 0 radical (unpaired) electrons. The SMILES string of the molecule is Cc1nc2c(s1)C(N(C)C(=O)CCC1CCNC1)CCC2. The maximum Gasteiger partial charge on any atom is 0.222 e. The van der Waals surface area contributed by atoms with E-state index in [2.05, 4.69) is 17.2 Å². The van der Waals surface area contributed by atoms with Crippen molar-refractivity contribution in [3.8, 4) is 0 Å². The van der Waals surface area contributed by atoms with E-state index in [9.17, 15) is 4.79 Å². The first-order valence-corrected chi connectivity index (χ1v) is 8.89. The monoisotopic (exact) mass is 307 g/mol. The highest BCUT2D eigenvalue weighted by Crippen LogP contribution is 2.37. The van der Waals surface area contributed by atoms with E-state index in [1.807, 2.05) is 11.9 Å². The van der Waals surface area contributed by atoms with Crippen LogP contribution < -0.4 is 5.32 Å². The second-order valence-corrected chi connectivity index (χ2v) is 7.59. The molecule has 2 atom stereocenters. The molecular formula is C16H25N3OS. The summed E-state index contributed by atoms with van der Waals surface area (Å²) < 4.78 is 0. The molecule has 21 heavy (non-hydrogen) atoms. The van der Waals surface area contributed by atoms with Gasteiger partial charge < -0.3 is 10.2 Å². The minimum absolute atomic E-state index is 0.258. The van der Waals surface area contributed by atoms with Gasteiger partial charge in [-0.25, -0.2) is 4.98 Å². The van der Waals surface area contributed by atoms with E-state index in [0.717, 1.165) is 43.8 Å². The number of rotatable bonds is 4. The summed E-state index contributed by atoms with van der Waals surface area (Å²) in [4.78, 5) is 20.4. The Labute approximate surface area is 130 Å². The van der Waals surface area contributed by atoms with Gasteiger partial charge in [0, 0.05) is 13.5 Å². The Morgan fingerprint density at radius 2 is 2.33 bits per heavy atom. The van der Waals surface area contributed by atoms with Crippen LogP contribution in [0, 0.1) is 12.8 Å². The van der Waals surface area contributed by atoms with E-state index < -0.39 is 0 Å². The predicted octanol–water partition coefficient (Wildman–Crippen LogP) is 2.68. The molecule has 2 unspecified atom stereocenters. The van der Waals surface area contributed by atoms with Gasteiger partial charge in [-0.1, -0.05) is 0 Å². The van der Waals surface area contributed by atoms with Crippen molar-refractivity contribution in [2.24, 2.45) is 5.92 Å². The molecule has 5 heteroatoms. The molecule has 2 aliphatic rings. The Balaban J connectivity index is 1.61. The molecule has 3 rings (SSSR count). The van der Waals surface area contributed by atoms with Gasteiger partial charge in [-0.15, -0.1) is 11.3 Å². The topological polar surface area (TPSA) is 45.2 Å². The van der Waals surface area contributed by atoms with Crippen molar-refractivity contribution in [1.29, 1.82) is 0 Å². The Morgan fingerprint density at radius 1 is 1.48 bits per heavy atom. The van der Waals surface area contributed by atoms with Crippen LogP contribution in [0.5, 0.6) is 0 Å². The number of thiazole rings is 1. The maximum atomic E-state index is 12.5. The molecule has 1 aliphatic heterocycles. The zero-order valence-electron chi connectivity index (χ0n) is 13.0. The quantitative estimate of drug-likeness (QED) is 0.930. The van der Waals surface area contributed by atoms with Crippen LogP contribution in [0.1, 0.15) is 53.7 Å². The molecule has 0 spiro atoms. The Bertz CT molecular complexity index is 508. The molecule has 1 aromatic heterocycles. The van der Waals surface area contributed by atoms with Crippen LogP contribution >= 0.6 is 11.3 Å². The minimum atomic E-state index is 0.258. The van der Waals surface area contributed by atoms with Crippen LogP contribution in [0.2, 0.25) is 0 Å². The van der Waals surface area contributed by atoms with E-state index in [4.69, 9.17) is 0 Å². The number of nitrogens with zero attached hydrogens (tertiary/aromatic N) is 2. The van der Waals surface area contributed by atoms with Gasteiger partial charge in [0.05, 0.1) is 21.6 Å². The molecule has 116 valence electrons. The number of carbonyl (C=O) groups is 1. The van der Waals surface area contributed by atoms with Crippen molar-refractivity contribution in [2.75, 3.05) is 20.1 Å². The van der Waals surface area contributed by atoms with Crippen LogP contribution in [-0.4, -0.2) is 35.9 Å². The van der Waals surface area contributed by atoms with Crippen molar-refractivity contribution in [1.82, 2.24) is 15.2 Å². The smallest absolute Gasteiger partial charge is 0.222 e. The molecule has 0 saturated carbocycles. The average Bonchev–Trinajstić information content (AvgIpc) is 3.11. The van der Waals surface area contributed by atoms with Crippen LogP contribution in [0.4, 0.5) is 0 Å². The molecule has 1 saturated heterocycles. The Morgan fingerprint density at radius 3 is 3.10 bits per heavy atom. The van der Waals surface area contributed by atoms with Crippen molar-refractivity contribution in [3.63, 3.8) is 0 Å². The number of carbonyl (C=O) groups excluding carboxylic acids is 1. The van der Waals surface area contributed by atoms with Crippen molar-refractivity contribution < 1.29 is 4.79 Å². The van der Waals surface area contributed by atoms with Crippen LogP contribution in [-0.2, 0) is 11.2 Å². The fourth-order valence-electron chi connectivity index (χ4n) is 3.53. The van der Waals surface area contributed by atoms with Gasteiger partial charge in [-0.05, 0) is 58.0 Å². The van der Waals surface area contributed by atoms with Gasteiger partial charge in [0.1, 0.15) is 0 Å². The van der Waals surface area contributed by atoms with Gasteiger partial charge in [-0.2, -0.15) is 0 Å². The van der Waals surface area contributed by atoms with E-state index in [1.165, 1.54) is 17.0 Å². The third kappa shape index (κ3) is 3.29. The lowest BCUT2D eigenvalue weighted by atomic mass is 9.96. The molecule has 0 bridgehead atoms. The summed E-state index contributed by atoms with van der Waals surface area (Å²) >= 11 is 1.77. The summed E-state index contributed by atoms with van der Waals surface area (Å²) in [6.07, 6.45) is 6.24. The first kappa shape index (κ1) is 15.0. The van der Waals surface area contributed by atoms with Crippen LogP contribution in [0.3, 0.4) is 0 Å². The number of hydrogen-bond donors (Lipinski definition) is 1. The zero-order valence-corrected chi connectivity index (χ0v) is 13.8. The highest BCUT2D eigenvalue weighted by molar-refractivity contribution is 7.11. The van der Waals surface area contributed by atoms with Gasteiger partial charge in [0.25, 0.3) is 0 Å². The van der Waals surface area contributed by atoms with Crippen LogP contribution in [0.15, 0.2) is 0 Å². The number of amides is 1. The van der Waals surface area contributed by atoms with E-state index >= 15 is 0 Å². The lowest BCUT2D eigenvalue weighted by Crippen LogP contribution is -2.33. The molecule has 2 heterocycles. The summed E-state index contributed by atoms with van der Waals surface area (Å²) in [6, 6.07) is 0.258. The summed E-state index contributed by atoms with van der Waals surface area (Å²) in [5.41, 5.74) is 1.23. The molecule has 0 aromatic carbocycles. The maximum absolute atomic E-state index is 12.5. The number of aryl methyl sites for hydroxylation is 2. The van der Waals surface area contributed by atoms with Gasteiger partial charge in [0.15, 0.2) is 0 Å². The zero-order chi connectivity index (χ0) is 14.8. The predicted molar refractivity (Wildman–Crippen MR) is 85.5 cm³/mol. The molecule has 1 fully saturated rings. The van der Waals surface area contributed by atoms with E-state index in [1.54, 1.807) is 11.3 Å². The lowest BCUT2D eigenvalue weighted by molar-refractivity contribution is -0.132. The minimum Gasteiger partial charge on any atom is -0.338 e. The van der Waals surface area contributed by atoms with Crippen molar-refractivity contribution in [2.45, 2.75) is 51.5 Å². The second kappa shape index (κ2) is 6.44. The second-order valence-electron chi connectivity index (χ2n) is 6.35. The van der Waals surface area contributed by atoms with E-state index in [-0.39, 0.29) is 6.04 Å². The number of nitrogens with one attached hydrogen (secondary N) is 1. The fraction of sp³-hybridized carbons (Fsp3) is 0.750. The average molecular weight is 307 g/mol. The molecule has 1 N–H and O–H groups in total. The molecule has 1 aliphatic carbocycles. The summed E-state index contributed by atoms with van der Waals surface area (Å²) in [6.45, 7) is 4.26. The summed E-state index contributed by atoms with van der Waals surface area (Å²) in [5.74, 6) is 0.987. The number of hydrogen-bond acceptors (Lipinski definition) is 4. The van der Waals surface area contributed by atoms with Gasteiger partial charge >= 0.3 is 0 Å². The molecule has 1 amide bonds. The standard InChI is InChI=1S/C16H25N3OS/c1-11-18-13-4-3-5-14(16(13)21-11)19(2)15(20)7-6-12-8-9-17-10-12/h12,14,17H,3-10H2,1-2H3. The lowest BCUT2D eigenvalue weighted by Gasteiger charge is -2.31. The first-order chi connectivity index (χ1) is 10.1. The van der Waals surface area contributed by atoms with Gasteiger partial charge in [-0.3, -0.25) is 4.79 Å². The fourth-order valence-corrected chi connectivity index (χ4v) is 4.68. The number of aromatic nitrogens is 1. The van der Waals surface area contributed by atoms with Gasteiger partial charge in [0.2, 0.25) is 5.91 Å². The van der Waals surface area contributed by atoms with Crippen molar-refractivity contribution >= 4 is 17.2 Å². The molecule has 4 nitrogen and oxygen atoms in total. The number of fused-ring (bicyclic) bond motifs is 1. The Kier molecular flexibility index (Phi) is 4.60. The normalized spacial score (nSPS) is 24.9.